The molecule has 5 N–H and O–H groups in total. The molecule has 0 saturated heterocycles. The Labute approximate surface area is 110 Å². The number of nitrogens with two attached hydrogens (primary N) is 2. The number of nitrogens with one attached hydrogen (secondary N) is 1. The lowest BCUT2D eigenvalue weighted by atomic mass is 10.2. The van der Waals surface area contributed by atoms with Crippen molar-refractivity contribution in [1.29, 1.82) is 0 Å². The van der Waals surface area contributed by atoms with Crippen LogP contribution in [0.2, 0.25) is 0 Å². The van der Waals surface area contributed by atoms with Gasteiger partial charge in [0.1, 0.15) is 11.6 Å². The molecule has 2 rings (SSSR count). The highest BCUT2D eigenvalue weighted by Crippen LogP contribution is 2.14. The van der Waals surface area contributed by atoms with Gasteiger partial charge in [-0.1, -0.05) is 0 Å². The molecule has 0 aliphatic heterocycles. The third-order valence-corrected chi connectivity index (χ3v) is 2.48. The molecule has 2 aromatic heterocycles. The SMILES string of the molecule is Cc1nccc(CNc2cc(C(N)=O)c(N)cn2)n1. The minimum absolute atomic E-state index is 0.247. The minimum Gasteiger partial charge on any atom is -0.397 e. The quantitative estimate of drug-likeness (QED) is 0.733. The maximum absolute atomic E-state index is 11.2. The number of aromatic nitrogens is 3. The molecule has 0 bridgehead atoms. The number of nitrogen functional groups attached to an aromatic ring is 1. The van der Waals surface area contributed by atoms with E-state index in [1.807, 2.05) is 6.92 Å². The van der Waals surface area contributed by atoms with Crippen molar-refractivity contribution in [2.75, 3.05) is 11.1 Å². The molecule has 0 aliphatic carbocycles. The fourth-order valence-electron chi connectivity index (χ4n) is 1.56. The van der Waals surface area contributed by atoms with Crippen LogP contribution in [-0.4, -0.2) is 20.9 Å². The van der Waals surface area contributed by atoms with Gasteiger partial charge in [0.15, 0.2) is 0 Å². The molecule has 0 fully saturated rings. The first kappa shape index (κ1) is 12.7. The van der Waals surface area contributed by atoms with Crippen LogP contribution in [0.3, 0.4) is 0 Å². The monoisotopic (exact) mass is 258 g/mol. The Kier molecular flexibility index (Phi) is 3.56. The van der Waals surface area contributed by atoms with Crippen LogP contribution in [0.5, 0.6) is 0 Å². The van der Waals surface area contributed by atoms with Gasteiger partial charge in [0.2, 0.25) is 0 Å². The summed E-state index contributed by atoms with van der Waals surface area (Å²) in [5.41, 5.74) is 12.2. The minimum atomic E-state index is -0.583. The zero-order valence-electron chi connectivity index (χ0n) is 10.4. The summed E-state index contributed by atoms with van der Waals surface area (Å²) in [7, 11) is 0. The maximum Gasteiger partial charge on any atom is 0.250 e. The number of rotatable bonds is 4. The van der Waals surface area contributed by atoms with Crippen LogP contribution in [0.1, 0.15) is 21.9 Å². The Hall–Kier alpha value is -2.70. The normalized spacial score (nSPS) is 10.2. The van der Waals surface area contributed by atoms with Gasteiger partial charge in [0, 0.05) is 6.20 Å². The topological polar surface area (TPSA) is 120 Å². The highest BCUT2D eigenvalue weighted by molar-refractivity contribution is 5.98. The van der Waals surface area contributed by atoms with Crippen molar-refractivity contribution in [2.45, 2.75) is 13.5 Å². The molecule has 7 nitrogen and oxygen atoms in total. The largest absolute Gasteiger partial charge is 0.397 e. The summed E-state index contributed by atoms with van der Waals surface area (Å²) in [5.74, 6) is 0.627. The number of pyridine rings is 1. The number of aryl methyl sites for hydroxylation is 1. The fraction of sp³-hybridized carbons (Fsp3) is 0.167. The van der Waals surface area contributed by atoms with Gasteiger partial charge in [-0.25, -0.2) is 15.0 Å². The van der Waals surface area contributed by atoms with Crippen LogP contribution in [0.15, 0.2) is 24.5 Å². The van der Waals surface area contributed by atoms with E-state index in [0.717, 1.165) is 5.69 Å². The van der Waals surface area contributed by atoms with Crippen LogP contribution in [0.25, 0.3) is 0 Å². The molecule has 2 aromatic rings. The third kappa shape index (κ3) is 3.15. The van der Waals surface area contributed by atoms with E-state index < -0.39 is 5.91 Å². The maximum atomic E-state index is 11.2. The highest BCUT2D eigenvalue weighted by atomic mass is 16.1. The average molecular weight is 258 g/mol. The lowest BCUT2D eigenvalue weighted by molar-refractivity contribution is 0.100. The number of amides is 1. The molecule has 0 aliphatic rings. The van der Waals surface area contributed by atoms with Gasteiger partial charge in [-0.05, 0) is 19.1 Å². The van der Waals surface area contributed by atoms with Gasteiger partial charge in [-0.15, -0.1) is 0 Å². The number of anilines is 2. The molecule has 0 aromatic carbocycles. The molecule has 2 heterocycles. The number of carbonyl (C=O) groups excluding carboxylic acids is 1. The van der Waals surface area contributed by atoms with Crippen LogP contribution in [0, 0.1) is 6.92 Å². The van der Waals surface area contributed by atoms with Gasteiger partial charge < -0.3 is 16.8 Å². The van der Waals surface area contributed by atoms with E-state index in [0.29, 0.717) is 18.2 Å². The lowest BCUT2D eigenvalue weighted by Gasteiger charge is -2.07. The molecular formula is C12H14N6O. The summed E-state index contributed by atoms with van der Waals surface area (Å²) >= 11 is 0. The molecule has 1 amide bonds. The Morgan fingerprint density at radius 3 is 2.89 bits per heavy atom. The summed E-state index contributed by atoms with van der Waals surface area (Å²) in [4.78, 5) is 23.5. The average Bonchev–Trinajstić information content (AvgIpc) is 2.37. The van der Waals surface area contributed by atoms with Crippen molar-refractivity contribution in [1.82, 2.24) is 15.0 Å². The number of carbonyl (C=O) groups is 1. The van der Waals surface area contributed by atoms with Crippen molar-refractivity contribution in [3.05, 3.63) is 41.6 Å². The number of primary amides is 1. The van der Waals surface area contributed by atoms with E-state index in [1.165, 1.54) is 12.3 Å². The summed E-state index contributed by atoms with van der Waals surface area (Å²) in [6.45, 7) is 2.29. The summed E-state index contributed by atoms with van der Waals surface area (Å²) in [6, 6.07) is 3.32. The van der Waals surface area contributed by atoms with E-state index in [2.05, 4.69) is 20.3 Å². The third-order valence-electron chi connectivity index (χ3n) is 2.48. The van der Waals surface area contributed by atoms with E-state index in [4.69, 9.17) is 11.5 Å². The van der Waals surface area contributed by atoms with Crippen molar-refractivity contribution in [3.63, 3.8) is 0 Å². The van der Waals surface area contributed by atoms with Crippen LogP contribution in [0.4, 0.5) is 11.5 Å². The zero-order chi connectivity index (χ0) is 13.8. The molecule has 98 valence electrons. The molecule has 0 atom stereocenters. The van der Waals surface area contributed by atoms with Crippen molar-refractivity contribution in [2.24, 2.45) is 5.73 Å². The Bertz CT molecular complexity index is 613. The first-order valence-electron chi connectivity index (χ1n) is 5.64. The molecule has 0 radical (unpaired) electrons. The van der Waals surface area contributed by atoms with E-state index in [9.17, 15) is 4.79 Å². The number of nitrogens with zero attached hydrogens (tertiary/aromatic N) is 3. The van der Waals surface area contributed by atoms with E-state index in [-0.39, 0.29) is 11.3 Å². The first-order chi connectivity index (χ1) is 9.06. The second-order valence-electron chi connectivity index (χ2n) is 3.97. The lowest BCUT2D eigenvalue weighted by Crippen LogP contribution is -2.15. The highest BCUT2D eigenvalue weighted by Gasteiger charge is 2.07. The summed E-state index contributed by atoms with van der Waals surface area (Å²) in [6.07, 6.45) is 3.08. The fourth-order valence-corrected chi connectivity index (χ4v) is 1.56. The van der Waals surface area contributed by atoms with Gasteiger partial charge in [-0.3, -0.25) is 4.79 Å². The van der Waals surface area contributed by atoms with Gasteiger partial charge in [-0.2, -0.15) is 0 Å². The van der Waals surface area contributed by atoms with Crippen molar-refractivity contribution < 1.29 is 4.79 Å². The summed E-state index contributed by atoms with van der Waals surface area (Å²) < 4.78 is 0. The molecule has 7 heteroatoms. The molecule has 0 unspecified atom stereocenters. The molecule has 0 saturated carbocycles. The first-order valence-corrected chi connectivity index (χ1v) is 5.64. The molecular weight excluding hydrogens is 244 g/mol. The van der Waals surface area contributed by atoms with Crippen LogP contribution >= 0.6 is 0 Å². The van der Waals surface area contributed by atoms with Crippen molar-refractivity contribution >= 4 is 17.4 Å². The Morgan fingerprint density at radius 1 is 1.42 bits per heavy atom. The predicted molar refractivity (Wildman–Crippen MR) is 71.3 cm³/mol. The number of hydrogen-bond donors (Lipinski definition) is 3. The second-order valence-corrected chi connectivity index (χ2v) is 3.97. The van der Waals surface area contributed by atoms with Gasteiger partial charge in [0.25, 0.3) is 5.91 Å². The second kappa shape index (κ2) is 5.30. The Balaban J connectivity index is 2.12. The van der Waals surface area contributed by atoms with Gasteiger partial charge >= 0.3 is 0 Å². The van der Waals surface area contributed by atoms with Crippen LogP contribution in [-0.2, 0) is 6.54 Å². The Morgan fingerprint density at radius 2 is 2.21 bits per heavy atom. The van der Waals surface area contributed by atoms with E-state index in [1.54, 1.807) is 12.3 Å². The predicted octanol–water partition coefficient (Wildman–Crippen LogP) is 0.473. The van der Waals surface area contributed by atoms with E-state index >= 15 is 0 Å². The summed E-state index contributed by atoms with van der Waals surface area (Å²) in [5, 5.41) is 3.05. The molecule has 0 spiro atoms. The van der Waals surface area contributed by atoms with Crippen LogP contribution < -0.4 is 16.8 Å². The number of hydrogen-bond acceptors (Lipinski definition) is 6. The van der Waals surface area contributed by atoms with Gasteiger partial charge in [0.05, 0.1) is 29.7 Å². The molecule has 19 heavy (non-hydrogen) atoms. The van der Waals surface area contributed by atoms with Crippen molar-refractivity contribution in [3.8, 4) is 0 Å². The zero-order valence-corrected chi connectivity index (χ0v) is 10.4. The smallest absolute Gasteiger partial charge is 0.250 e. The standard InChI is InChI=1S/C12H14N6O/c1-7-15-3-2-8(18-7)5-16-11-4-9(12(14)19)10(13)6-17-11/h2-4,6H,5,13H2,1H3,(H2,14,19)(H,16,17).